The highest BCUT2D eigenvalue weighted by atomic mass is 16.6. The number of imide groups is 2. The second-order valence-corrected chi connectivity index (χ2v) is 19.2. The lowest BCUT2D eigenvalue weighted by Gasteiger charge is -2.53. The molecule has 2 fully saturated rings. The number of hydrogen-bond donors (Lipinski definition) is 4. The number of carbonyl (C=O) groups excluding carboxylic acids is 6. The highest BCUT2D eigenvalue weighted by molar-refractivity contribution is 6.31. The van der Waals surface area contributed by atoms with Gasteiger partial charge in [-0.25, -0.2) is 0 Å². The number of para-hydroxylation sites is 2. The molecule has 1 unspecified atom stereocenters. The zero-order valence-electron chi connectivity index (χ0n) is 40.3. The van der Waals surface area contributed by atoms with Crippen molar-refractivity contribution in [3.8, 4) is 5.75 Å². The van der Waals surface area contributed by atoms with Crippen LogP contribution in [0.4, 0.5) is 5.69 Å². The van der Waals surface area contributed by atoms with Crippen LogP contribution in [-0.4, -0.2) is 126 Å². The summed E-state index contributed by atoms with van der Waals surface area (Å²) in [6.45, 7) is 3.99. The molecule has 12 rings (SSSR count). The van der Waals surface area contributed by atoms with Crippen molar-refractivity contribution in [3.63, 3.8) is 0 Å². The summed E-state index contributed by atoms with van der Waals surface area (Å²) in [5.74, 6) is -3.68. The molecule has 7 aromatic rings. The number of amides is 6. The van der Waals surface area contributed by atoms with Gasteiger partial charge < -0.3 is 43.8 Å². The maximum atomic E-state index is 14.7. The SMILES string of the molecule is CO[C@@H]1[C@H](N(C)C(=O)c2cccc(OCCOCCOCCNc3cccc4c3C(=O)N(C3CCC(=O)NC3=O)C4=O)c2)C[C@@]2(N)O[C@]1(C)n1c3ccccc3c3c4c(c5c6ccccc6n2c5c31)C(=O)NC4. The molecule has 0 spiro atoms. The van der Waals surface area contributed by atoms with E-state index >= 15 is 0 Å². The van der Waals surface area contributed by atoms with E-state index in [1.165, 1.54) is 0 Å². The van der Waals surface area contributed by atoms with Gasteiger partial charge >= 0.3 is 0 Å². The van der Waals surface area contributed by atoms with E-state index in [0.717, 1.165) is 54.1 Å². The van der Waals surface area contributed by atoms with Crippen molar-refractivity contribution in [3.05, 3.63) is 119 Å². The van der Waals surface area contributed by atoms with E-state index in [1.807, 2.05) is 47.9 Å². The van der Waals surface area contributed by atoms with Gasteiger partial charge in [-0.05, 0) is 61.4 Å². The Morgan fingerprint density at radius 2 is 1.53 bits per heavy atom. The van der Waals surface area contributed by atoms with Gasteiger partial charge in [0.05, 0.1) is 71.2 Å². The number of methoxy groups -OCH3 is 1. The summed E-state index contributed by atoms with van der Waals surface area (Å²) in [6, 6.07) is 26.3. The zero-order valence-corrected chi connectivity index (χ0v) is 40.3. The molecule has 2 bridgehead atoms. The van der Waals surface area contributed by atoms with Crippen LogP contribution < -0.4 is 26.4 Å². The van der Waals surface area contributed by atoms with Gasteiger partial charge in [0, 0.05) is 72.9 Å². The van der Waals surface area contributed by atoms with Crippen LogP contribution in [-0.2, 0) is 46.7 Å². The van der Waals surface area contributed by atoms with Gasteiger partial charge in [-0.15, -0.1) is 0 Å². The molecule has 2 aromatic heterocycles. The van der Waals surface area contributed by atoms with Crippen molar-refractivity contribution in [1.82, 2.24) is 29.6 Å². The largest absolute Gasteiger partial charge is 0.491 e. The third-order valence-corrected chi connectivity index (χ3v) is 15.1. The van der Waals surface area contributed by atoms with Crippen LogP contribution in [0, 0.1) is 0 Å². The molecule has 5 N–H and O–H groups in total. The number of benzene rings is 5. The van der Waals surface area contributed by atoms with Gasteiger partial charge in [-0.2, -0.15) is 0 Å². The first-order chi connectivity index (χ1) is 35.3. The lowest BCUT2D eigenvalue weighted by Crippen LogP contribution is -2.68. The van der Waals surface area contributed by atoms with Crippen molar-refractivity contribution in [2.75, 3.05) is 59.1 Å². The molecule has 5 aromatic carbocycles. The average Bonchev–Trinajstić information content (AvgIpc) is 4.11. The predicted octanol–water partition coefficient (Wildman–Crippen LogP) is 4.90. The Morgan fingerprint density at radius 3 is 2.30 bits per heavy atom. The quantitative estimate of drug-likeness (QED) is 0.0793. The summed E-state index contributed by atoms with van der Waals surface area (Å²) in [7, 11) is 3.39. The van der Waals surface area contributed by atoms with Gasteiger partial charge in [0.15, 0.2) is 5.72 Å². The van der Waals surface area contributed by atoms with Crippen molar-refractivity contribution < 1.29 is 52.5 Å². The highest BCUT2D eigenvalue weighted by Gasteiger charge is 2.59. The minimum Gasteiger partial charge on any atom is -0.491 e. The van der Waals surface area contributed by atoms with Crippen molar-refractivity contribution >= 4 is 84.7 Å². The molecule has 6 amide bonds. The molecule has 2 saturated heterocycles. The molecule has 7 heterocycles. The van der Waals surface area contributed by atoms with E-state index in [0.29, 0.717) is 35.7 Å². The Morgan fingerprint density at radius 1 is 0.836 bits per heavy atom. The first-order valence-corrected chi connectivity index (χ1v) is 24.4. The Balaban J connectivity index is 0.699. The molecule has 5 aliphatic heterocycles. The normalized spacial score (nSPS) is 23.1. The number of aromatic nitrogens is 2. The maximum absolute atomic E-state index is 14.7. The summed E-state index contributed by atoms with van der Waals surface area (Å²) in [6.07, 6.45) is -0.439. The standard InChI is InChI=1S/C54H52N8O11/c1-53-47(69-3)39(27-54(55,73-53)62-37-17-7-5-13-32(37)43-44-34(28-57-49(44)65)41-31-12-4-6-16-36(31)61(53)45(41)46(43)62)59(2)50(66)29-10-8-11-30(26-29)72-25-24-71-23-22-70-21-20-56-35-15-9-14-33-42(35)52(68)60(51(33)67)38-18-19-40(63)58-48(38)64/h4-17,26,38-39,47,56H,18-25,27-28,55H2,1-3H3,(H,57,65)(H,58,63,64)/t38?,39-,47-,53+,54+/m1/s1. The number of ether oxygens (including phenoxy) is 5. The molecule has 19 heteroatoms. The van der Waals surface area contributed by atoms with Gasteiger partial charge in [-0.3, -0.25) is 49.3 Å². The number of fused-ring (bicyclic) bond motifs is 14. The highest BCUT2D eigenvalue weighted by Crippen LogP contribution is 2.55. The van der Waals surface area contributed by atoms with Gasteiger partial charge in [0.25, 0.3) is 23.6 Å². The van der Waals surface area contributed by atoms with E-state index in [1.54, 1.807) is 61.5 Å². The molecule has 5 aliphatic rings. The first-order valence-electron chi connectivity index (χ1n) is 24.4. The van der Waals surface area contributed by atoms with Crippen molar-refractivity contribution in [2.24, 2.45) is 5.73 Å². The summed E-state index contributed by atoms with van der Waals surface area (Å²) in [4.78, 5) is 81.8. The molecule has 73 heavy (non-hydrogen) atoms. The molecule has 0 saturated carbocycles. The topological polar surface area (TPSA) is 227 Å². The van der Waals surface area contributed by atoms with Crippen LogP contribution >= 0.6 is 0 Å². The van der Waals surface area contributed by atoms with Crippen LogP contribution in [0.5, 0.6) is 5.75 Å². The number of piperidine rings is 1. The van der Waals surface area contributed by atoms with Gasteiger partial charge in [0.1, 0.15) is 24.5 Å². The number of nitrogens with zero attached hydrogens (tertiary/aromatic N) is 4. The lowest BCUT2D eigenvalue weighted by atomic mass is 9.89. The van der Waals surface area contributed by atoms with Crippen LogP contribution in [0.1, 0.15) is 73.2 Å². The summed E-state index contributed by atoms with van der Waals surface area (Å²) >= 11 is 0. The van der Waals surface area contributed by atoms with E-state index in [2.05, 4.69) is 32.7 Å². The second-order valence-electron chi connectivity index (χ2n) is 19.2. The smallest absolute Gasteiger partial charge is 0.264 e. The molecule has 5 atom stereocenters. The number of carbonyl (C=O) groups is 6. The average molecular weight is 989 g/mol. The fourth-order valence-electron chi connectivity index (χ4n) is 12.1. The van der Waals surface area contributed by atoms with Gasteiger partial charge in [-0.1, -0.05) is 48.5 Å². The minimum atomic E-state index is -1.51. The third kappa shape index (κ3) is 7.04. The molecule has 0 aliphatic carbocycles. The number of rotatable bonds is 15. The van der Waals surface area contributed by atoms with Crippen LogP contribution in [0.15, 0.2) is 91.0 Å². The lowest BCUT2D eigenvalue weighted by molar-refractivity contribution is -0.310. The summed E-state index contributed by atoms with van der Waals surface area (Å²) in [5, 5.41) is 12.1. The Kier molecular flexibility index (Phi) is 11.1. The predicted molar refractivity (Wildman–Crippen MR) is 267 cm³/mol. The van der Waals surface area contributed by atoms with Crippen molar-refractivity contribution in [2.45, 2.75) is 62.5 Å². The fourth-order valence-corrected chi connectivity index (χ4v) is 12.1. The molecule has 374 valence electrons. The number of nitrogens with two attached hydrogens (primary N) is 1. The fraction of sp³-hybridized carbons (Fsp3) is 0.333. The minimum absolute atomic E-state index is 0.0412. The third-order valence-electron chi connectivity index (χ3n) is 15.1. The monoisotopic (exact) mass is 988 g/mol. The first kappa shape index (κ1) is 46.4. The van der Waals surface area contributed by atoms with E-state index in [4.69, 9.17) is 29.4 Å². The molecular formula is C54H52N8O11. The molecule has 0 radical (unpaired) electrons. The maximum Gasteiger partial charge on any atom is 0.264 e. The zero-order chi connectivity index (χ0) is 50.5. The van der Waals surface area contributed by atoms with E-state index < -0.39 is 53.4 Å². The summed E-state index contributed by atoms with van der Waals surface area (Å²) < 4.78 is 35.5. The van der Waals surface area contributed by atoms with Gasteiger partial charge in [0.2, 0.25) is 17.7 Å². The van der Waals surface area contributed by atoms with E-state index in [-0.39, 0.29) is 75.2 Å². The number of hydrogen-bond acceptors (Lipinski definition) is 13. The second kappa shape index (κ2) is 17.5. The van der Waals surface area contributed by atoms with Crippen LogP contribution in [0.25, 0.3) is 43.6 Å². The summed E-state index contributed by atoms with van der Waals surface area (Å²) in [5.41, 5.74) is 12.5. The van der Waals surface area contributed by atoms with Crippen molar-refractivity contribution in [1.29, 1.82) is 0 Å². The molecule has 19 nitrogen and oxygen atoms in total. The van der Waals surface area contributed by atoms with Crippen LogP contribution in [0.3, 0.4) is 0 Å². The number of anilines is 1. The Bertz CT molecular complexity index is 3530. The number of likely N-dealkylation sites (N-methyl/N-ethyl adjacent to an activating group) is 1. The van der Waals surface area contributed by atoms with E-state index in [9.17, 15) is 28.8 Å². The van der Waals surface area contributed by atoms with Crippen LogP contribution in [0.2, 0.25) is 0 Å². The Hall–Kier alpha value is -7.68. The Labute approximate surface area is 417 Å². The number of nitrogens with one attached hydrogen (secondary N) is 3. The molecular weight excluding hydrogens is 937 g/mol.